The molecule has 0 bridgehead atoms. The molecule has 0 atom stereocenters. The van der Waals surface area contributed by atoms with Gasteiger partial charge in [-0.05, 0) is 42.7 Å². The Morgan fingerprint density at radius 2 is 1.14 bits per heavy atom. The van der Waals surface area contributed by atoms with E-state index < -0.39 is 0 Å². The molecular formula is C31H44N2O2. The van der Waals surface area contributed by atoms with E-state index in [2.05, 4.69) is 64.3 Å². The largest absolute Gasteiger partial charge is 0.377 e. The first-order valence-corrected chi connectivity index (χ1v) is 13.6. The minimum atomic E-state index is 0.729. The van der Waals surface area contributed by atoms with Gasteiger partial charge in [0.15, 0.2) is 0 Å². The monoisotopic (exact) mass is 476 g/mol. The summed E-state index contributed by atoms with van der Waals surface area (Å²) in [7, 11) is 0. The van der Waals surface area contributed by atoms with Crippen LogP contribution in [0.15, 0.2) is 79.4 Å². The predicted octanol–water partition coefficient (Wildman–Crippen LogP) is 7.83. The van der Waals surface area contributed by atoms with Crippen molar-refractivity contribution in [3.05, 3.63) is 90.5 Å². The van der Waals surface area contributed by atoms with Gasteiger partial charge in [-0.3, -0.25) is 0 Å². The Hall–Kier alpha value is -2.43. The van der Waals surface area contributed by atoms with Gasteiger partial charge in [-0.15, -0.1) is 0 Å². The van der Waals surface area contributed by atoms with Crippen molar-refractivity contribution in [1.29, 1.82) is 0 Å². The molecule has 190 valence electrons. The number of unbranched alkanes of at least 4 members (excludes halogenated alkanes) is 6. The first-order chi connectivity index (χ1) is 17.4. The molecule has 0 amide bonds. The summed E-state index contributed by atoms with van der Waals surface area (Å²) in [6.07, 6.45) is 18.6. The van der Waals surface area contributed by atoms with Crippen LogP contribution >= 0.6 is 0 Å². The Balaban J connectivity index is 1.20. The van der Waals surface area contributed by atoms with Crippen LogP contribution in [0.1, 0.15) is 75.3 Å². The molecule has 3 aromatic rings. The van der Waals surface area contributed by atoms with Crippen LogP contribution in [0, 0.1) is 5.92 Å². The van der Waals surface area contributed by atoms with Crippen molar-refractivity contribution in [3.8, 4) is 0 Å². The second-order valence-electron chi connectivity index (χ2n) is 9.61. The summed E-state index contributed by atoms with van der Waals surface area (Å²) in [6.45, 7) is 4.28. The van der Waals surface area contributed by atoms with Crippen molar-refractivity contribution >= 4 is 0 Å². The molecule has 2 aromatic carbocycles. The minimum Gasteiger partial charge on any atom is -0.377 e. The average Bonchev–Trinajstić information content (AvgIpc) is 3.41. The third kappa shape index (κ3) is 12.7. The second kappa shape index (κ2) is 17.9. The Morgan fingerprint density at radius 1 is 0.629 bits per heavy atom. The molecule has 35 heavy (non-hydrogen) atoms. The van der Waals surface area contributed by atoms with E-state index >= 15 is 0 Å². The average molecular weight is 477 g/mol. The van der Waals surface area contributed by atoms with Crippen molar-refractivity contribution < 1.29 is 9.47 Å². The third-order valence-electron chi connectivity index (χ3n) is 6.55. The first kappa shape index (κ1) is 27.2. The van der Waals surface area contributed by atoms with Gasteiger partial charge in [0.05, 0.1) is 19.5 Å². The Kier molecular flexibility index (Phi) is 13.9. The molecule has 4 nitrogen and oxygen atoms in total. The summed E-state index contributed by atoms with van der Waals surface area (Å²) in [4.78, 5) is 4.23. The predicted molar refractivity (Wildman–Crippen MR) is 144 cm³/mol. The van der Waals surface area contributed by atoms with Gasteiger partial charge in [0.1, 0.15) is 0 Å². The summed E-state index contributed by atoms with van der Waals surface area (Å²) in [5.74, 6) is 0.743. The highest BCUT2D eigenvalue weighted by atomic mass is 16.5. The number of benzene rings is 2. The van der Waals surface area contributed by atoms with Crippen LogP contribution in [0.5, 0.6) is 0 Å². The Bertz CT molecular complexity index is 797. The number of hydrogen-bond acceptors (Lipinski definition) is 3. The van der Waals surface area contributed by atoms with Crippen LogP contribution in [0.3, 0.4) is 0 Å². The van der Waals surface area contributed by atoms with E-state index in [1.807, 2.05) is 24.7 Å². The fourth-order valence-corrected chi connectivity index (χ4v) is 4.53. The van der Waals surface area contributed by atoms with E-state index in [0.29, 0.717) is 0 Å². The standard InChI is InChI=1S/C31H44N2O2/c1(3-13-23-34-26-30-17-9-5-10-18-30)7-15-29(25-33-22-21-32-28-33)16-8-2-4-14-24-35-27-31-19-11-6-12-20-31/h5-6,9-12,17-22,28-29H,1-4,7-8,13-16,23-27H2. The zero-order valence-corrected chi connectivity index (χ0v) is 21.4. The summed E-state index contributed by atoms with van der Waals surface area (Å²) in [5, 5.41) is 0. The first-order valence-electron chi connectivity index (χ1n) is 13.6. The number of aromatic nitrogens is 2. The molecule has 0 unspecified atom stereocenters. The van der Waals surface area contributed by atoms with Gasteiger partial charge >= 0.3 is 0 Å². The van der Waals surface area contributed by atoms with Gasteiger partial charge in [-0.25, -0.2) is 4.98 Å². The Labute approximate surface area is 212 Å². The van der Waals surface area contributed by atoms with Crippen LogP contribution in [0.25, 0.3) is 0 Å². The summed E-state index contributed by atoms with van der Waals surface area (Å²) < 4.78 is 13.9. The molecular weight excluding hydrogens is 432 g/mol. The molecule has 0 N–H and O–H groups in total. The van der Waals surface area contributed by atoms with Crippen molar-refractivity contribution in [2.75, 3.05) is 13.2 Å². The maximum atomic E-state index is 5.82. The minimum absolute atomic E-state index is 0.729. The lowest BCUT2D eigenvalue weighted by Crippen LogP contribution is -2.10. The Morgan fingerprint density at radius 3 is 1.63 bits per heavy atom. The van der Waals surface area contributed by atoms with E-state index in [0.717, 1.165) is 51.7 Å². The fourth-order valence-electron chi connectivity index (χ4n) is 4.53. The molecule has 3 rings (SSSR count). The lowest BCUT2D eigenvalue weighted by molar-refractivity contribution is 0.116. The fraction of sp³-hybridized carbons (Fsp3) is 0.516. The van der Waals surface area contributed by atoms with E-state index in [4.69, 9.17) is 9.47 Å². The summed E-state index contributed by atoms with van der Waals surface area (Å²) >= 11 is 0. The maximum absolute atomic E-state index is 5.82. The molecule has 0 radical (unpaired) electrons. The van der Waals surface area contributed by atoms with Crippen molar-refractivity contribution in [1.82, 2.24) is 9.55 Å². The highest BCUT2D eigenvalue weighted by Gasteiger charge is 2.09. The van der Waals surface area contributed by atoms with E-state index in [9.17, 15) is 0 Å². The second-order valence-corrected chi connectivity index (χ2v) is 9.61. The van der Waals surface area contributed by atoms with Crippen molar-refractivity contribution in [3.63, 3.8) is 0 Å². The van der Waals surface area contributed by atoms with Crippen molar-refractivity contribution in [2.24, 2.45) is 5.92 Å². The molecule has 1 heterocycles. The van der Waals surface area contributed by atoms with Gasteiger partial charge < -0.3 is 14.0 Å². The van der Waals surface area contributed by atoms with Gasteiger partial charge in [-0.1, -0.05) is 99.2 Å². The topological polar surface area (TPSA) is 36.3 Å². The van der Waals surface area contributed by atoms with E-state index in [1.165, 1.54) is 62.5 Å². The third-order valence-corrected chi connectivity index (χ3v) is 6.55. The number of hydrogen-bond donors (Lipinski definition) is 0. The van der Waals surface area contributed by atoms with Crippen LogP contribution < -0.4 is 0 Å². The summed E-state index contributed by atoms with van der Waals surface area (Å²) in [5.41, 5.74) is 2.52. The zero-order chi connectivity index (χ0) is 24.2. The lowest BCUT2D eigenvalue weighted by atomic mass is 9.94. The summed E-state index contributed by atoms with van der Waals surface area (Å²) in [6, 6.07) is 20.9. The zero-order valence-electron chi connectivity index (χ0n) is 21.4. The van der Waals surface area contributed by atoms with Crippen LogP contribution in [-0.4, -0.2) is 22.8 Å². The normalized spacial score (nSPS) is 11.3. The maximum Gasteiger partial charge on any atom is 0.0945 e. The molecule has 0 saturated carbocycles. The smallest absolute Gasteiger partial charge is 0.0945 e. The quantitative estimate of drug-likeness (QED) is 0.156. The molecule has 1 aromatic heterocycles. The molecule has 0 aliphatic carbocycles. The van der Waals surface area contributed by atoms with Crippen LogP contribution in [-0.2, 0) is 29.2 Å². The highest BCUT2D eigenvalue weighted by molar-refractivity contribution is 5.14. The molecule has 0 fully saturated rings. The van der Waals surface area contributed by atoms with Gasteiger partial charge in [0.2, 0.25) is 0 Å². The molecule has 4 heteroatoms. The van der Waals surface area contributed by atoms with Gasteiger partial charge in [0, 0.05) is 32.2 Å². The van der Waals surface area contributed by atoms with Gasteiger partial charge in [-0.2, -0.15) is 0 Å². The van der Waals surface area contributed by atoms with Crippen molar-refractivity contribution in [2.45, 2.75) is 84.0 Å². The molecule has 0 saturated heterocycles. The van der Waals surface area contributed by atoms with Gasteiger partial charge in [0.25, 0.3) is 0 Å². The highest BCUT2D eigenvalue weighted by Crippen LogP contribution is 2.20. The molecule has 0 spiro atoms. The SMILES string of the molecule is c1ccc(COCCCCCCC(CCCCCCOCc2ccccc2)Cn2ccnc2)cc1. The lowest BCUT2D eigenvalue weighted by Gasteiger charge is -2.17. The van der Waals surface area contributed by atoms with Crippen LogP contribution in [0.4, 0.5) is 0 Å². The number of rotatable bonds is 20. The molecule has 0 aliphatic rings. The van der Waals surface area contributed by atoms with E-state index in [-0.39, 0.29) is 0 Å². The number of imidazole rings is 1. The van der Waals surface area contributed by atoms with Crippen LogP contribution in [0.2, 0.25) is 0 Å². The number of nitrogens with zero attached hydrogens (tertiary/aromatic N) is 2. The van der Waals surface area contributed by atoms with E-state index in [1.54, 1.807) is 0 Å². The molecule has 0 aliphatic heterocycles. The number of ether oxygens (including phenoxy) is 2.